The third-order valence-electron chi connectivity index (χ3n) is 8.33. The molecule has 0 aromatic carbocycles. The molecule has 0 heterocycles. The second-order valence-electron chi connectivity index (χ2n) is 8.88. The van der Waals surface area contributed by atoms with Gasteiger partial charge < -0.3 is 0 Å². The minimum Gasteiger partial charge on any atom is -0.299 e. The van der Waals surface area contributed by atoms with Crippen molar-refractivity contribution in [1.82, 2.24) is 0 Å². The molecule has 1 unspecified atom stereocenters. The number of Topliss-reactive ketones (excluding diaryl/α,β-unsaturated/α-hetero) is 1. The number of carbonyl (C=O) groups is 2. The number of hydrogen-bond donors (Lipinski definition) is 0. The summed E-state index contributed by atoms with van der Waals surface area (Å²) >= 11 is 2.36. The molecule has 0 spiro atoms. The number of hydrogen-bond acceptors (Lipinski definition) is 2. The SMILES string of the molecule is C[C@H]1C(I)C(=O)C=C2CC[C@@H]3[C@H](CC[C@]4(C)C(=O)CC[C@@H]34)[C@]21C. The summed E-state index contributed by atoms with van der Waals surface area (Å²) in [6.45, 7) is 6.96. The van der Waals surface area contributed by atoms with Crippen LogP contribution in [0.4, 0.5) is 0 Å². The summed E-state index contributed by atoms with van der Waals surface area (Å²) in [7, 11) is 0. The summed E-state index contributed by atoms with van der Waals surface area (Å²) in [4.78, 5) is 24.8. The predicted molar refractivity (Wildman–Crippen MR) is 99.5 cm³/mol. The van der Waals surface area contributed by atoms with Gasteiger partial charge in [-0.3, -0.25) is 9.59 Å². The second-order valence-corrected chi connectivity index (χ2v) is 10.2. The van der Waals surface area contributed by atoms with Crippen LogP contribution in [0.25, 0.3) is 0 Å². The fraction of sp³-hybridized carbons (Fsp3) is 0.800. The van der Waals surface area contributed by atoms with E-state index < -0.39 is 0 Å². The van der Waals surface area contributed by atoms with Crippen molar-refractivity contribution in [3.63, 3.8) is 0 Å². The molecule has 0 amide bonds. The van der Waals surface area contributed by atoms with Crippen LogP contribution in [0.3, 0.4) is 0 Å². The zero-order valence-electron chi connectivity index (χ0n) is 14.4. The Hall–Kier alpha value is -0.190. The van der Waals surface area contributed by atoms with E-state index in [0.717, 1.165) is 25.7 Å². The zero-order valence-corrected chi connectivity index (χ0v) is 16.6. The molecule has 4 aliphatic carbocycles. The number of rotatable bonds is 0. The first kappa shape index (κ1) is 16.3. The molecule has 0 aliphatic heterocycles. The van der Waals surface area contributed by atoms with Gasteiger partial charge in [-0.2, -0.15) is 0 Å². The van der Waals surface area contributed by atoms with Crippen molar-refractivity contribution >= 4 is 34.2 Å². The fourth-order valence-electron chi connectivity index (χ4n) is 6.69. The van der Waals surface area contributed by atoms with Gasteiger partial charge in [-0.15, -0.1) is 0 Å². The number of ketones is 2. The Bertz CT molecular complexity index is 609. The van der Waals surface area contributed by atoms with Gasteiger partial charge in [0.05, 0.1) is 3.92 Å². The number of alkyl halides is 1. The van der Waals surface area contributed by atoms with Gasteiger partial charge >= 0.3 is 0 Å². The molecule has 23 heavy (non-hydrogen) atoms. The van der Waals surface area contributed by atoms with E-state index in [9.17, 15) is 9.59 Å². The van der Waals surface area contributed by atoms with Crippen LogP contribution in [0.2, 0.25) is 0 Å². The third-order valence-corrected chi connectivity index (χ3v) is 10.0. The predicted octanol–water partition coefficient (Wildman–Crippen LogP) is 4.75. The van der Waals surface area contributed by atoms with Gasteiger partial charge in [0.1, 0.15) is 5.78 Å². The van der Waals surface area contributed by atoms with Crippen LogP contribution in [-0.2, 0) is 9.59 Å². The van der Waals surface area contributed by atoms with E-state index in [1.54, 1.807) is 0 Å². The van der Waals surface area contributed by atoms with Crippen LogP contribution in [0, 0.1) is 34.5 Å². The molecule has 0 radical (unpaired) electrons. The van der Waals surface area contributed by atoms with Crippen LogP contribution < -0.4 is 0 Å². The topological polar surface area (TPSA) is 34.1 Å². The summed E-state index contributed by atoms with van der Waals surface area (Å²) in [5, 5.41) is 0. The molecule has 0 bridgehead atoms. The summed E-state index contributed by atoms with van der Waals surface area (Å²) in [6.07, 6.45) is 8.37. The van der Waals surface area contributed by atoms with Gasteiger partial charge in [-0.05, 0) is 67.3 Å². The van der Waals surface area contributed by atoms with Crippen LogP contribution in [0.15, 0.2) is 11.6 Å². The highest BCUT2D eigenvalue weighted by atomic mass is 127. The molecule has 0 saturated heterocycles. The minimum atomic E-state index is -0.0454. The van der Waals surface area contributed by atoms with E-state index >= 15 is 0 Å². The van der Waals surface area contributed by atoms with Gasteiger partial charge in [0.15, 0.2) is 5.78 Å². The van der Waals surface area contributed by atoms with E-state index in [1.165, 1.54) is 18.4 Å². The molecule has 0 aromatic heterocycles. The number of fused-ring (bicyclic) bond motifs is 5. The highest BCUT2D eigenvalue weighted by Gasteiger charge is 2.61. The lowest BCUT2D eigenvalue weighted by Gasteiger charge is -2.59. The molecule has 7 atom stereocenters. The smallest absolute Gasteiger partial charge is 0.168 e. The van der Waals surface area contributed by atoms with Gasteiger partial charge in [0, 0.05) is 11.8 Å². The molecule has 0 N–H and O–H groups in total. The maximum absolute atomic E-state index is 12.5. The average Bonchev–Trinajstić information content (AvgIpc) is 2.83. The van der Waals surface area contributed by atoms with E-state index in [0.29, 0.717) is 35.2 Å². The van der Waals surface area contributed by atoms with Crippen molar-refractivity contribution in [2.24, 2.45) is 34.5 Å². The van der Waals surface area contributed by atoms with Crippen LogP contribution in [-0.4, -0.2) is 15.5 Å². The molecule has 3 fully saturated rings. The molecule has 3 heteroatoms. The normalized spacial score (nSPS) is 52.5. The lowest BCUT2D eigenvalue weighted by molar-refractivity contribution is -0.133. The molecule has 4 rings (SSSR count). The van der Waals surface area contributed by atoms with Gasteiger partial charge in [-0.25, -0.2) is 0 Å². The minimum absolute atomic E-state index is 0.0454. The van der Waals surface area contributed by atoms with Crippen molar-refractivity contribution in [3.8, 4) is 0 Å². The second kappa shape index (κ2) is 5.15. The standard InChI is InChI=1S/C20H27IO2/c1-11-18(21)16(22)10-12-4-5-13-14-6-7-17(23)19(14,2)9-8-15(13)20(11,12)3/h10-11,13-15,18H,4-9H2,1-3H3/t11-,13-,14-,15-,18?,19-,20-/m0/s1. The summed E-state index contributed by atoms with van der Waals surface area (Å²) < 4.78 is 0.110. The number of halogens is 1. The number of carbonyl (C=O) groups excluding carboxylic acids is 2. The van der Waals surface area contributed by atoms with Crippen molar-refractivity contribution in [2.45, 2.75) is 63.2 Å². The molecule has 4 aliphatic rings. The molecular formula is C20H27IO2. The Kier molecular flexibility index (Phi) is 3.65. The van der Waals surface area contributed by atoms with Crippen molar-refractivity contribution in [2.75, 3.05) is 0 Å². The Morgan fingerprint density at radius 1 is 1.09 bits per heavy atom. The van der Waals surface area contributed by atoms with Crippen molar-refractivity contribution in [1.29, 1.82) is 0 Å². The largest absolute Gasteiger partial charge is 0.299 e. The molecule has 126 valence electrons. The quantitative estimate of drug-likeness (QED) is 0.414. The van der Waals surface area contributed by atoms with E-state index in [1.807, 2.05) is 6.08 Å². The van der Waals surface area contributed by atoms with Crippen LogP contribution >= 0.6 is 22.6 Å². The summed E-state index contributed by atoms with van der Waals surface area (Å²) in [5.74, 6) is 3.18. The lowest BCUT2D eigenvalue weighted by atomic mass is 9.45. The van der Waals surface area contributed by atoms with Crippen LogP contribution in [0.5, 0.6) is 0 Å². The van der Waals surface area contributed by atoms with Gasteiger partial charge in [-0.1, -0.05) is 48.9 Å². The summed E-state index contributed by atoms with van der Waals surface area (Å²) in [5.41, 5.74) is 1.53. The van der Waals surface area contributed by atoms with E-state index in [2.05, 4.69) is 43.4 Å². The van der Waals surface area contributed by atoms with Crippen LogP contribution in [0.1, 0.15) is 59.3 Å². The first-order valence-electron chi connectivity index (χ1n) is 9.22. The van der Waals surface area contributed by atoms with Gasteiger partial charge in [0.25, 0.3) is 0 Å². The fourth-order valence-corrected chi connectivity index (χ4v) is 7.62. The molecular weight excluding hydrogens is 399 g/mol. The van der Waals surface area contributed by atoms with E-state index in [-0.39, 0.29) is 14.8 Å². The highest BCUT2D eigenvalue weighted by molar-refractivity contribution is 14.1. The first-order chi connectivity index (χ1) is 10.8. The Morgan fingerprint density at radius 3 is 2.57 bits per heavy atom. The Labute approximate surface area is 153 Å². The van der Waals surface area contributed by atoms with E-state index in [4.69, 9.17) is 0 Å². The lowest BCUT2D eigenvalue weighted by Crippen LogP contribution is -2.55. The van der Waals surface area contributed by atoms with Crippen molar-refractivity contribution < 1.29 is 9.59 Å². The molecule has 3 saturated carbocycles. The monoisotopic (exact) mass is 426 g/mol. The van der Waals surface area contributed by atoms with Crippen molar-refractivity contribution in [3.05, 3.63) is 11.6 Å². The highest BCUT2D eigenvalue weighted by Crippen LogP contribution is 2.65. The maximum Gasteiger partial charge on any atom is 0.168 e. The number of allylic oxidation sites excluding steroid dienone is 1. The average molecular weight is 426 g/mol. The summed E-state index contributed by atoms with van der Waals surface area (Å²) in [6, 6.07) is 0. The third kappa shape index (κ3) is 1.98. The maximum atomic E-state index is 12.5. The Balaban J connectivity index is 1.75. The Morgan fingerprint density at radius 2 is 1.83 bits per heavy atom. The zero-order chi connectivity index (χ0) is 16.6. The molecule has 2 nitrogen and oxygen atoms in total. The van der Waals surface area contributed by atoms with Gasteiger partial charge in [0.2, 0.25) is 0 Å². The molecule has 0 aromatic rings. The first-order valence-corrected chi connectivity index (χ1v) is 10.5.